The van der Waals surface area contributed by atoms with E-state index in [4.69, 9.17) is 5.73 Å². The topological polar surface area (TPSA) is 55.1 Å². The number of hydrogen-bond acceptors (Lipinski definition) is 2. The molecule has 17 heavy (non-hydrogen) atoms. The summed E-state index contributed by atoms with van der Waals surface area (Å²) in [6.45, 7) is 0. The Balaban J connectivity index is 0.00000144. The lowest BCUT2D eigenvalue weighted by Crippen LogP contribution is -2.39. The molecular weight excluding hydrogens is 236 g/mol. The third-order valence-electron chi connectivity index (χ3n) is 3.14. The van der Waals surface area contributed by atoms with E-state index in [1.807, 2.05) is 30.3 Å². The summed E-state index contributed by atoms with van der Waals surface area (Å²) in [4.78, 5) is 11.9. The molecule has 1 aromatic rings. The zero-order valence-corrected chi connectivity index (χ0v) is 10.6. The molecule has 1 aliphatic rings. The fraction of sp³-hybridized carbons (Fsp3) is 0.462. The summed E-state index contributed by atoms with van der Waals surface area (Å²) in [7, 11) is 0. The first kappa shape index (κ1) is 14.0. The minimum atomic E-state index is -0.540. The van der Waals surface area contributed by atoms with Crippen LogP contribution in [0.2, 0.25) is 0 Å². The van der Waals surface area contributed by atoms with Crippen LogP contribution in [0.3, 0.4) is 0 Å². The third kappa shape index (κ3) is 3.72. The van der Waals surface area contributed by atoms with Crippen molar-refractivity contribution in [1.82, 2.24) is 5.32 Å². The maximum absolute atomic E-state index is 11.9. The second kappa shape index (κ2) is 6.62. The van der Waals surface area contributed by atoms with Gasteiger partial charge in [-0.15, -0.1) is 12.4 Å². The zero-order valence-electron chi connectivity index (χ0n) is 9.76. The summed E-state index contributed by atoms with van der Waals surface area (Å²) in [5.41, 5.74) is 6.78. The Morgan fingerprint density at radius 1 is 1.24 bits per heavy atom. The molecule has 0 aliphatic heterocycles. The van der Waals surface area contributed by atoms with Crippen molar-refractivity contribution in [3.05, 3.63) is 35.9 Å². The minimum Gasteiger partial charge on any atom is -0.352 e. The van der Waals surface area contributed by atoms with Gasteiger partial charge in [-0.1, -0.05) is 43.2 Å². The van der Waals surface area contributed by atoms with Crippen molar-refractivity contribution in [3.8, 4) is 0 Å². The number of nitrogens with one attached hydrogen (secondary N) is 1. The maximum atomic E-state index is 11.9. The van der Waals surface area contributed by atoms with E-state index in [2.05, 4.69) is 5.32 Å². The molecule has 0 radical (unpaired) electrons. The highest BCUT2D eigenvalue weighted by molar-refractivity contribution is 5.85. The first-order chi connectivity index (χ1) is 7.77. The van der Waals surface area contributed by atoms with Gasteiger partial charge in [-0.2, -0.15) is 0 Å². The molecule has 94 valence electrons. The summed E-state index contributed by atoms with van der Waals surface area (Å²) < 4.78 is 0. The number of rotatable bonds is 3. The molecule has 3 nitrogen and oxygen atoms in total. The Labute approximate surface area is 108 Å². The van der Waals surface area contributed by atoms with Crippen molar-refractivity contribution in [2.24, 2.45) is 5.73 Å². The summed E-state index contributed by atoms with van der Waals surface area (Å²) in [6.07, 6.45) is 4.61. The number of halogens is 1. The number of nitrogens with two attached hydrogens (primary N) is 1. The Morgan fingerprint density at radius 2 is 1.82 bits per heavy atom. The van der Waals surface area contributed by atoms with Crippen LogP contribution in [-0.2, 0) is 4.79 Å². The van der Waals surface area contributed by atoms with E-state index in [-0.39, 0.29) is 18.3 Å². The summed E-state index contributed by atoms with van der Waals surface area (Å²) >= 11 is 0. The van der Waals surface area contributed by atoms with E-state index < -0.39 is 6.04 Å². The molecule has 1 aromatic carbocycles. The van der Waals surface area contributed by atoms with E-state index in [0.717, 1.165) is 18.4 Å². The lowest BCUT2D eigenvalue weighted by atomic mass is 10.1. The largest absolute Gasteiger partial charge is 0.352 e. The van der Waals surface area contributed by atoms with Crippen LogP contribution in [0.25, 0.3) is 0 Å². The van der Waals surface area contributed by atoms with Gasteiger partial charge in [-0.25, -0.2) is 0 Å². The van der Waals surface area contributed by atoms with Crippen LogP contribution in [0.5, 0.6) is 0 Å². The first-order valence-corrected chi connectivity index (χ1v) is 5.88. The quantitative estimate of drug-likeness (QED) is 0.869. The predicted molar refractivity (Wildman–Crippen MR) is 71.0 cm³/mol. The third-order valence-corrected chi connectivity index (χ3v) is 3.14. The first-order valence-electron chi connectivity index (χ1n) is 5.88. The Kier molecular flexibility index (Phi) is 5.45. The van der Waals surface area contributed by atoms with Crippen LogP contribution in [0.15, 0.2) is 30.3 Å². The average molecular weight is 255 g/mol. The van der Waals surface area contributed by atoms with Gasteiger partial charge in [0.05, 0.1) is 0 Å². The molecule has 4 heteroatoms. The molecule has 2 rings (SSSR count). The molecule has 1 saturated carbocycles. The maximum Gasteiger partial charge on any atom is 0.241 e. The van der Waals surface area contributed by atoms with E-state index in [1.165, 1.54) is 12.8 Å². The highest BCUT2D eigenvalue weighted by Crippen LogP contribution is 2.18. The molecule has 1 unspecified atom stereocenters. The number of hydrogen-bond donors (Lipinski definition) is 2. The van der Waals surface area contributed by atoms with Crippen LogP contribution in [0.1, 0.15) is 37.3 Å². The fourth-order valence-electron chi connectivity index (χ4n) is 2.17. The second-order valence-electron chi connectivity index (χ2n) is 4.38. The standard InChI is InChI=1S/C13H18N2O.ClH/c14-12(10-6-2-1-3-7-10)13(16)15-11-8-4-5-9-11;/h1-3,6-7,11-12H,4-5,8-9,14H2,(H,15,16);1H. The lowest BCUT2D eigenvalue weighted by molar-refractivity contribution is -0.123. The van der Waals surface area contributed by atoms with Crippen molar-refractivity contribution in [3.63, 3.8) is 0 Å². The summed E-state index contributed by atoms with van der Waals surface area (Å²) in [6, 6.07) is 9.29. The van der Waals surface area contributed by atoms with E-state index in [0.29, 0.717) is 6.04 Å². The molecule has 1 fully saturated rings. The summed E-state index contributed by atoms with van der Waals surface area (Å²) in [5.74, 6) is -0.0573. The molecule has 0 spiro atoms. The van der Waals surface area contributed by atoms with E-state index >= 15 is 0 Å². The van der Waals surface area contributed by atoms with E-state index in [9.17, 15) is 4.79 Å². The van der Waals surface area contributed by atoms with Crippen LogP contribution >= 0.6 is 12.4 Å². The Hall–Kier alpha value is -1.06. The monoisotopic (exact) mass is 254 g/mol. The van der Waals surface area contributed by atoms with Crippen molar-refractivity contribution in [1.29, 1.82) is 0 Å². The van der Waals surface area contributed by atoms with Gasteiger partial charge >= 0.3 is 0 Å². The van der Waals surface area contributed by atoms with Gasteiger partial charge in [-0.3, -0.25) is 4.79 Å². The molecule has 0 bridgehead atoms. The van der Waals surface area contributed by atoms with Gasteiger partial charge in [0.2, 0.25) is 5.91 Å². The van der Waals surface area contributed by atoms with Crippen molar-refractivity contribution in [2.75, 3.05) is 0 Å². The van der Waals surface area contributed by atoms with E-state index in [1.54, 1.807) is 0 Å². The van der Waals surface area contributed by atoms with Crippen LogP contribution < -0.4 is 11.1 Å². The van der Waals surface area contributed by atoms with Gasteiger partial charge < -0.3 is 11.1 Å². The summed E-state index contributed by atoms with van der Waals surface area (Å²) in [5, 5.41) is 3.01. The normalized spacial score (nSPS) is 17.2. The van der Waals surface area contributed by atoms with Gasteiger partial charge in [-0.05, 0) is 18.4 Å². The number of amides is 1. The molecular formula is C13H19ClN2O. The predicted octanol–water partition coefficient (Wildman–Crippen LogP) is 2.17. The number of carbonyl (C=O) groups is 1. The zero-order chi connectivity index (χ0) is 11.4. The molecule has 1 amide bonds. The molecule has 3 N–H and O–H groups in total. The average Bonchev–Trinajstić information content (AvgIpc) is 2.82. The highest BCUT2D eigenvalue weighted by Gasteiger charge is 2.21. The second-order valence-corrected chi connectivity index (χ2v) is 4.38. The molecule has 1 aliphatic carbocycles. The van der Waals surface area contributed by atoms with Crippen LogP contribution in [0.4, 0.5) is 0 Å². The Morgan fingerprint density at radius 3 is 2.41 bits per heavy atom. The SMILES string of the molecule is Cl.NC(C(=O)NC1CCCC1)c1ccccc1. The number of carbonyl (C=O) groups excluding carboxylic acids is 1. The van der Waals surface area contributed by atoms with Crippen molar-refractivity contribution < 1.29 is 4.79 Å². The highest BCUT2D eigenvalue weighted by atomic mass is 35.5. The van der Waals surface area contributed by atoms with Gasteiger partial charge in [0.1, 0.15) is 6.04 Å². The molecule has 0 heterocycles. The Bertz CT molecular complexity index is 350. The minimum absolute atomic E-state index is 0. The molecule has 0 saturated heterocycles. The van der Waals surface area contributed by atoms with Gasteiger partial charge in [0, 0.05) is 6.04 Å². The molecule has 0 aromatic heterocycles. The van der Waals surface area contributed by atoms with Crippen LogP contribution in [0, 0.1) is 0 Å². The van der Waals surface area contributed by atoms with Crippen LogP contribution in [-0.4, -0.2) is 11.9 Å². The van der Waals surface area contributed by atoms with Gasteiger partial charge in [0.15, 0.2) is 0 Å². The fourth-order valence-corrected chi connectivity index (χ4v) is 2.17. The smallest absolute Gasteiger partial charge is 0.241 e. The number of benzene rings is 1. The van der Waals surface area contributed by atoms with Gasteiger partial charge in [0.25, 0.3) is 0 Å². The van der Waals surface area contributed by atoms with Crippen molar-refractivity contribution in [2.45, 2.75) is 37.8 Å². The molecule has 1 atom stereocenters. The van der Waals surface area contributed by atoms with Crippen molar-refractivity contribution >= 4 is 18.3 Å². The lowest BCUT2D eigenvalue weighted by Gasteiger charge is -2.16.